The largest absolute Gasteiger partial charge is 0.457 e. The monoisotopic (exact) mass is 571 g/mol. The fourth-order valence-electron chi connectivity index (χ4n) is 7.90. The smallest absolute Gasteiger partial charge is 0.355 e. The van der Waals surface area contributed by atoms with E-state index in [2.05, 4.69) is 0 Å². The summed E-state index contributed by atoms with van der Waals surface area (Å²) in [5.74, 6) is -3.18. The number of aliphatic hydroxyl groups is 2. The minimum atomic E-state index is -1.03. The summed E-state index contributed by atoms with van der Waals surface area (Å²) in [6.07, 6.45) is 2.75. The van der Waals surface area contributed by atoms with Gasteiger partial charge < -0.3 is 29.2 Å². The van der Waals surface area contributed by atoms with Crippen molar-refractivity contribution in [3.05, 3.63) is 47.8 Å². The minimum absolute atomic E-state index is 0.105. The third-order valence-corrected chi connectivity index (χ3v) is 9.93. The molecule has 0 amide bonds. The molecule has 2 N–H and O–H groups in total. The molecule has 3 heterocycles. The van der Waals surface area contributed by atoms with Crippen LogP contribution in [0.1, 0.15) is 63.2 Å². The Kier molecular flexibility index (Phi) is 7.59. The van der Waals surface area contributed by atoms with Crippen molar-refractivity contribution in [2.75, 3.05) is 7.11 Å². The Hall–Kier alpha value is -2.79. The van der Waals surface area contributed by atoms with Crippen molar-refractivity contribution < 1.29 is 43.5 Å². The number of esters is 2. The number of methoxy groups -OCH3 is 1. The van der Waals surface area contributed by atoms with E-state index in [1.807, 2.05) is 45.9 Å². The zero-order chi connectivity index (χ0) is 30.0. The number of aliphatic hydroxyl groups excluding tert-OH is 2. The van der Waals surface area contributed by atoms with E-state index in [9.17, 15) is 24.6 Å². The van der Waals surface area contributed by atoms with E-state index < -0.39 is 71.4 Å². The number of carbonyl (C=O) groups excluding carboxylic acids is 3. The summed E-state index contributed by atoms with van der Waals surface area (Å²) in [5, 5.41) is 22.4. The molecule has 1 aromatic rings. The van der Waals surface area contributed by atoms with Gasteiger partial charge in [-0.25, -0.2) is 9.59 Å². The first-order valence-corrected chi connectivity index (χ1v) is 14.3. The van der Waals surface area contributed by atoms with Gasteiger partial charge in [-0.15, -0.1) is 0 Å². The summed E-state index contributed by atoms with van der Waals surface area (Å²) in [6.45, 7) is 10.6. The Labute approximate surface area is 240 Å². The Morgan fingerprint density at radius 3 is 2.61 bits per heavy atom. The van der Waals surface area contributed by atoms with Crippen molar-refractivity contribution in [3.8, 4) is 0 Å². The average Bonchev–Trinajstić information content (AvgIpc) is 3.45. The summed E-state index contributed by atoms with van der Waals surface area (Å²) in [7, 11) is 1.45. The van der Waals surface area contributed by atoms with Gasteiger partial charge in [0.25, 0.3) is 0 Å². The lowest BCUT2D eigenvalue weighted by atomic mass is 9.51. The Morgan fingerprint density at radius 1 is 1.27 bits per heavy atom. The number of hydrogen-bond donors (Lipinski definition) is 2. The maximum absolute atomic E-state index is 13.4. The van der Waals surface area contributed by atoms with Crippen molar-refractivity contribution in [1.29, 1.82) is 0 Å². The molecule has 12 atom stereocenters. The van der Waals surface area contributed by atoms with Gasteiger partial charge in [-0.05, 0) is 38.0 Å². The van der Waals surface area contributed by atoms with Gasteiger partial charge in [-0.3, -0.25) is 9.36 Å². The van der Waals surface area contributed by atoms with E-state index in [0.717, 1.165) is 5.57 Å². The van der Waals surface area contributed by atoms with E-state index in [0.29, 0.717) is 0 Å². The van der Waals surface area contributed by atoms with Crippen LogP contribution in [0.4, 0.5) is 0 Å². The first kappa shape index (κ1) is 29.7. The number of carbonyl (C=O) groups is 3. The molecule has 4 aliphatic rings. The molecule has 10 heteroatoms. The number of nitrogens with zero attached hydrogens (tertiary/aromatic N) is 1. The van der Waals surface area contributed by atoms with Crippen LogP contribution in [0.25, 0.3) is 0 Å². The second-order valence-electron chi connectivity index (χ2n) is 12.5. The lowest BCUT2D eigenvalue weighted by Crippen LogP contribution is -2.61. The molecular weight excluding hydrogens is 530 g/mol. The molecule has 5 rings (SSSR count). The standard InChI is InChI=1S/C31H41NO9/c1-15-13-16(2)31-20(14-22(38-7)29(37)39-24(15)18(4)33)10-11-30(6)26(31)23(35)17(3)25(27(30)41-31)40-28(36)21-9-8-12-32(21)19(5)34/h8-13,15,17-18,20,22-27,33,35H,14H2,1-7H3/b16-13+/t15-,17-,18-,20-,22+,23-,24+,25-,26-,27+,30-,31+/m1/s1. The predicted molar refractivity (Wildman–Crippen MR) is 147 cm³/mol. The van der Waals surface area contributed by atoms with Crippen LogP contribution in [0.3, 0.4) is 0 Å². The molecule has 41 heavy (non-hydrogen) atoms. The van der Waals surface area contributed by atoms with Crippen LogP contribution in [0.5, 0.6) is 0 Å². The summed E-state index contributed by atoms with van der Waals surface area (Å²) < 4.78 is 25.7. The molecule has 0 aromatic carbocycles. The van der Waals surface area contributed by atoms with Gasteiger partial charge in [-0.2, -0.15) is 0 Å². The molecule has 4 bridgehead atoms. The van der Waals surface area contributed by atoms with Gasteiger partial charge in [0.05, 0.1) is 12.2 Å². The van der Waals surface area contributed by atoms with E-state index in [-0.39, 0.29) is 29.9 Å². The summed E-state index contributed by atoms with van der Waals surface area (Å²) in [5.41, 5.74) is -0.784. The molecule has 0 radical (unpaired) electrons. The quantitative estimate of drug-likeness (QED) is 0.413. The third kappa shape index (κ3) is 4.42. The van der Waals surface area contributed by atoms with Gasteiger partial charge in [0.2, 0.25) is 5.91 Å². The molecule has 10 nitrogen and oxygen atoms in total. The van der Waals surface area contributed by atoms with Crippen LogP contribution in [0.15, 0.2) is 42.1 Å². The third-order valence-electron chi connectivity index (χ3n) is 9.93. The topological polar surface area (TPSA) is 134 Å². The van der Waals surface area contributed by atoms with Crippen molar-refractivity contribution in [3.63, 3.8) is 0 Å². The molecule has 2 aliphatic heterocycles. The number of cyclic esters (lactones) is 1. The zero-order valence-electron chi connectivity index (χ0n) is 24.6. The van der Waals surface area contributed by atoms with E-state index in [1.54, 1.807) is 13.0 Å². The van der Waals surface area contributed by atoms with Crippen molar-refractivity contribution in [2.24, 2.45) is 29.1 Å². The van der Waals surface area contributed by atoms with E-state index in [1.165, 1.54) is 30.9 Å². The summed E-state index contributed by atoms with van der Waals surface area (Å²) >= 11 is 0. The first-order valence-electron chi connectivity index (χ1n) is 14.3. The number of hydrogen-bond acceptors (Lipinski definition) is 9. The van der Waals surface area contributed by atoms with Gasteiger partial charge in [-0.1, -0.05) is 39.0 Å². The number of aromatic nitrogens is 1. The van der Waals surface area contributed by atoms with Crippen LogP contribution in [0, 0.1) is 29.1 Å². The molecule has 1 aromatic heterocycles. The lowest BCUT2D eigenvalue weighted by Gasteiger charge is -2.53. The molecular formula is C31H41NO9. The average molecular weight is 572 g/mol. The first-order chi connectivity index (χ1) is 19.3. The Balaban J connectivity index is 1.60. The summed E-state index contributed by atoms with van der Waals surface area (Å²) in [4.78, 5) is 38.6. The second-order valence-corrected chi connectivity index (χ2v) is 12.5. The fourth-order valence-corrected chi connectivity index (χ4v) is 7.90. The van der Waals surface area contributed by atoms with Crippen LogP contribution in [0.2, 0.25) is 0 Å². The van der Waals surface area contributed by atoms with Crippen LogP contribution in [-0.4, -0.2) is 82.0 Å². The zero-order valence-corrected chi connectivity index (χ0v) is 24.6. The minimum Gasteiger partial charge on any atom is -0.457 e. The second kappa shape index (κ2) is 10.5. The number of rotatable bonds is 4. The maximum atomic E-state index is 13.4. The van der Waals surface area contributed by atoms with Crippen molar-refractivity contribution in [2.45, 2.75) is 90.2 Å². The Bertz CT molecular complexity index is 1280. The molecule has 1 spiro atoms. The molecule has 1 saturated carbocycles. The molecule has 2 fully saturated rings. The molecule has 2 aliphatic carbocycles. The highest BCUT2D eigenvalue weighted by Crippen LogP contribution is 2.66. The molecule has 224 valence electrons. The van der Waals surface area contributed by atoms with Crippen molar-refractivity contribution >= 4 is 17.8 Å². The summed E-state index contributed by atoms with van der Waals surface area (Å²) in [6, 6.07) is 3.13. The highest BCUT2D eigenvalue weighted by Gasteiger charge is 2.73. The lowest BCUT2D eigenvalue weighted by molar-refractivity contribution is -0.172. The Morgan fingerprint density at radius 2 is 1.98 bits per heavy atom. The highest BCUT2D eigenvalue weighted by molar-refractivity contribution is 5.93. The van der Waals surface area contributed by atoms with Gasteiger partial charge in [0, 0.05) is 49.3 Å². The SMILES string of the molecule is CO[C@H]1C[C@H]2C=C[C@]3(C)[C@H]4[C@H](O)[C@@H](C)[C@@H](OC(=O)c5cccn5C(C)=O)[C@@H]3O[C@@]24/C(C)=C/[C@@H](C)[C@@H]([C@@H](C)O)OC1=O. The van der Waals surface area contributed by atoms with Crippen LogP contribution >= 0.6 is 0 Å². The van der Waals surface area contributed by atoms with Gasteiger partial charge in [0.1, 0.15) is 29.6 Å². The van der Waals surface area contributed by atoms with Crippen LogP contribution in [-0.2, 0) is 23.7 Å². The van der Waals surface area contributed by atoms with Crippen LogP contribution < -0.4 is 0 Å². The molecule has 0 unspecified atom stereocenters. The fraction of sp³-hybridized carbons (Fsp3) is 0.645. The normalized spacial score (nSPS) is 43.8. The number of ether oxygens (including phenoxy) is 4. The van der Waals surface area contributed by atoms with E-state index >= 15 is 0 Å². The predicted octanol–water partition coefficient (Wildman–Crippen LogP) is 2.92. The van der Waals surface area contributed by atoms with Gasteiger partial charge in [0.15, 0.2) is 6.10 Å². The van der Waals surface area contributed by atoms with Crippen molar-refractivity contribution in [1.82, 2.24) is 4.57 Å². The highest BCUT2D eigenvalue weighted by atomic mass is 16.6. The van der Waals surface area contributed by atoms with E-state index in [4.69, 9.17) is 18.9 Å². The van der Waals surface area contributed by atoms with Gasteiger partial charge >= 0.3 is 11.9 Å². The maximum Gasteiger partial charge on any atom is 0.355 e. The molecule has 1 saturated heterocycles.